The number of hydrogen-bond acceptors (Lipinski definition) is 10. The second kappa shape index (κ2) is 15.1. The summed E-state index contributed by atoms with van der Waals surface area (Å²) < 4.78 is 65.2. The topological polar surface area (TPSA) is 118 Å². The summed E-state index contributed by atoms with van der Waals surface area (Å²) in [7, 11) is 1.68. The zero-order valence-corrected chi connectivity index (χ0v) is 32.2. The highest BCUT2D eigenvalue weighted by atomic mass is 19.4. The minimum atomic E-state index is -4.62. The number of likely N-dealkylation sites (tertiary alicyclic amines) is 2. The molecule has 1 amide bonds. The van der Waals surface area contributed by atoms with Gasteiger partial charge in [-0.2, -0.15) is 28.2 Å². The van der Waals surface area contributed by atoms with Crippen molar-refractivity contribution in [3.63, 3.8) is 0 Å². The summed E-state index contributed by atoms with van der Waals surface area (Å²) in [6.07, 6.45) is 1.24. The van der Waals surface area contributed by atoms with Gasteiger partial charge in [0.1, 0.15) is 23.0 Å². The number of nitrogens with zero attached hydrogens (tertiary/aromatic N) is 6. The van der Waals surface area contributed by atoms with Crippen LogP contribution >= 0.6 is 0 Å². The average molecular weight is 766 g/mol. The number of ether oxygens (including phenoxy) is 4. The van der Waals surface area contributed by atoms with Crippen LogP contribution in [0.25, 0.3) is 39.0 Å². The third kappa shape index (κ3) is 8.32. The van der Waals surface area contributed by atoms with Crippen LogP contribution in [-0.2, 0) is 9.47 Å². The van der Waals surface area contributed by atoms with Crippen molar-refractivity contribution < 1.29 is 36.9 Å². The Morgan fingerprint density at radius 3 is 2.45 bits per heavy atom. The molecule has 5 heterocycles. The van der Waals surface area contributed by atoms with E-state index in [1.54, 1.807) is 24.3 Å². The maximum Gasteiger partial charge on any atom is 0.422 e. The van der Waals surface area contributed by atoms with Gasteiger partial charge in [-0.25, -0.2) is 4.79 Å². The van der Waals surface area contributed by atoms with E-state index in [-0.39, 0.29) is 34.9 Å². The first-order valence-electron chi connectivity index (χ1n) is 18.9. The Morgan fingerprint density at radius 2 is 1.80 bits per heavy atom. The summed E-state index contributed by atoms with van der Waals surface area (Å²) in [5, 5.41) is 8.60. The molecular weight excluding hydrogens is 715 g/mol. The molecule has 3 aliphatic rings. The number of carbonyl (C=O) groups is 1. The van der Waals surface area contributed by atoms with Crippen molar-refractivity contribution in [3.05, 3.63) is 42.1 Å². The molecule has 12 nitrogen and oxygen atoms in total. The van der Waals surface area contributed by atoms with Gasteiger partial charge >= 0.3 is 18.3 Å². The summed E-state index contributed by atoms with van der Waals surface area (Å²) in [6, 6.07) is 5.79. The second-order valence-corrected chi connectivity index (χ2v) is 16.1. The summed E-state index contributed by atoms with van der Waals surface area (Å²) in [6.45, 7) is 15.5. The van der Waals surface area contributed by atoms with Gasteiger partial charge < -0.3 is 33.6 Å². The van der Waals surface area contributed by atoms with Gasteiger partial charge in [0.15, 0.2) is 12.4 Å². The van der Waals surface area contributed by atoms with E-state index in [4.69, 9.17) is 28.9 Å². The summed E-state index contributed by atoms with van der Waals surface area (Å²) >= 11 is 0. The minimum absolute atomic E-state index is 0.0294. The van der Waals surface area contributed by atoms with Crippen molar-refractivity contribution in [2.24, 2.45) is 5.41 Å². The summed E-state index contributed by atoms with van der Waals surface area (Å²) in [5.74, 6) is 0.525. The average Bonchev–Trinajstić information content (AvgIpc) is 3.60. The number of alkyl halides is 3. The number of aromatic nitrogens is 4. The van der Waals surface area contributed by atoms with E-state index < -0.39 is 18.4 Å². The Balaban J connectivity index is 1.30. The van der Waals surface area contributed by atoms with Crippen LogP contribution in [0.5, 0.6) is 11.8 Å². The number of aromatic amines is 1. The Bertz CT molecular complexity index is 2040. The van der Waals surface area contributed by atoms with E-state index in [0.717, 1.165) is 56.3 Å². The fraction of sp³-hybridized carbons (Fsp3) is 0.550. The SMILES string of the molecule is C=Cc1cc2c(N3CCC4(CC3)CN(C(=O)OC(C)(C)C)C4)nc(OC3CCN(CCOC)CC3)nc2c(OCC(F)(F)F)c1-c1c(C)ccc2cn[nH]c12. The minimum Gasteiger partial charge on any atom is -0.481 e. The van der Waals surface area contributed by atoms with E-state index >= 15 is 0 Å². The zero-order valence-electron chi connectivity index (χ0n) is 32.2. The number of anilines is 1. The van der Waals surface area contributed by atoms with Gasteiger partial charge in [0, 0.05) is 80.2 Å². The van der Waals surface area contributed by atoms with Crippen LogP contribution in [0.15, 0.2) is 31.0 Å². The van der Waals surface area contributed by atoms with Crippen LogP contribution < -0.4 is 14.4 Å². The molecule has 0 atom stereocenters. The molecule has 0 unspecified atom stereocenters. The zero-order chi connectivity index (χ0) is 39.1. The number of benzene rings is 2. The Kier molecular flexibility index (Phi) is 10.6. The lowest BCUT2D eigenvalue weighted by Gasteiger charge is -2.53. The number of hydrogen-bond donors (Lipinski definition) is 1. The standard InChI is InChI=1S/C40H50F3N7O5/c1-7-26-20-29-33(34(53-24-40(41,42)43)31(26)30-25(2)8-9-27-21-44-47-32(27)30)45-36(54-28-10-14-48(15-11-28)18-19-52-6)46-35(29)49-16-12-39(13-17-49)22-50(23-39)37(51)55-38(3,4)5/h7-9,20-21,28H,1,10-19,22-24H2,2-6H3,(H,44,47). The number of aryl methyl sites for hydroxylation is 1. The molecule has 2 aromatic carbocycles. The largest absolute Gasteiger partial charge is 0.481 e. The predicted octanol–water partition coefficient (Wildman–Crippen LogP) is 7.39. The van der Waals surface area contributed by atoms with Crippen molar-refractivity contribution in [3.8, 4) is 22.9 Å². The van der Waals surface area contributed by atoms with Gasteiger partial charge in [0.05, 0.1) is 18.3 Å². The molecule has 2 aromatic heterocycles. The third-order valence-electron chi connectivity index (χ3n) is 10.9. The molecule has 3 fully saturated rings. The molecule has 0 bridgehead atoms. The van der Waals surface area contributed by atoms with Crippen LogP contribution in [0.2, 0.25) is 0 Å². The first-order chi connectivity index (χ1) is 26.2. The van der Waals surface area contributed by atoms with E-state index in [1.807, 2.05) is 45.9 Å². The molecule has 1 N–H and O–H groups in total. The molecule has 0 aliphatic carbocycles. The maximum atomic E-state index is 14.0. The van der Waals surface area contributed by atoms with Crippen LogP contribution in [0.3, 0.4) is 0 Å². The summed E-state index contributed by atoms with van der Waals surface area (Å²) in [4.78, 5) is 28.8. The first-order valence-corrected chi connectivity index (χ1v) is 18.9. The molecule has 1 spiro atoms. The van der Waals surface area contributed by atoms with Gasteiger partial charge in [-0.3, -0.25) is 5.10 Å². The van der Waals surface area contributed by atoms with Crippen molar-refractivity contribution in [2.45, 2.75) is 71.3 Å². The number of H-pyrrole nitrogens is 1. The maximum absolute atomic E-state index is 14.0. The lowest BCUT2D eigenvalue weighted by atomic mass is 9.72. The molecule has 3 aliphatic heterocycles. The monoisotopic (exact) mass is 765 g/mol. The Hall–Kier alpha value is -4.63. The molecular formula is C40H50F3N7O5. The number of nitrogens with one attached hydrogen (secondary N) is 1. The number of piperidine rings is 2. The molecule has 0 saturated carbocycles. The van der Waals surface area contributed by atoms with Gasteiger partial charge in [-0.15, -0.1) is 0 Å². The molecule has 7 rings (SSSR count). The van der Waals surface area contributed by atoms with Crippen molar-refractivity contribution >= 4 is 39.8 Å². The second-order valence-electron chi connectivity index (χ2n) is 16.1. The molecule has 4 aromatic rings. The van der Waals surface area contributed by atoms with Gasteiger partial charge in [0.25, 0.3) is 0 Å². The number of halogens is 3. The number of amides is 1. The van der Waals surface area contributed by atoms with Crippen molar-refractivity contribution in [1.82, 2.24) is 30.0 Å². The highest BCUT2D eigenvalue weighted by Gasteiger charge is 2.48. The number of carbonyl (C=O) groups excluding carboxylic acids is 1. The van der Waals surface area contributed by atoms with Crippen molar-refractivity contribution in [2.75, 3.05) is 71.0 Å². The molecule has 55 heavy (non-hydrogen) atoms. The molecule has 296 valence electrons. The van der Waals surface area contributed by atoms with E-state index in [0.29, 0.717) is 66.2 Å². The third-order valence-corrected chi connectivity index (χ3v) is 10.9. The van der Waals surface area contributed by atoms with E-state index in [9.17, 15) is 18.0 Å². The van der Waals surface area contributed by atoms with E-state index in [2.05, 4.69) is 26.6 Å². The smallest absolute Gasteiger partial charge is 0.422 e. The number of fused-ring (bicyclic) bond motifs is 2. The van der Waals surface area contributed by atoms with Crippen LogP contribution in [0.1, 0.15) is 57.6 Å². The van der Waals surface area contributed by atoms with Crippen LogP contribution in [0.4, 0.5) is 23.8 Å². The predicted molar refractivity (Wildman–Crippen MR) is 205 cm³/mol. The highest BCUT2D eigenvalue weighted by molar-refractivity contribution is 6.06. The van der Waals surface area contributed by atoms with Gasteiger partial charge in [-0.1, -0.05) is 24.8 Å². The molecule has 15 heteroatoms. The van der Waals surface area contributed by atoms with Crippen molar-refractivity contribution in [1.29, 1.82) is 0 Å². The van der Waals surface area contributed by atoms with Gasteiger partial charge in [0.2, 0.25) is 0 Å². The van der Waals surface area contributed by atoms with Crippen LogP contribution in [0, 0.1) is 12.3 Å². The molecule has 3 saturated heterocycles. The Labute approximate surface area is 318 Å². The Morgan fingerprint density at radius 1 is 1.07 bits per heavy atom. The first kappa shape index (κ1) is 38.6. The van der Waals surface area contributed by atoms with E-state index in [1.165, 1.54) is 0 Å². The fourth-order valence-corrected chi connectivity index (χ4v) is 8.02. The quantitative estimate of drug-likeness (QED) is 0.175. The van der Waals surface area contributed by atoms with Gasteiger partial charge in [-0.05, 0) is 70.6 Å². The lowest BCUT2D eigenvalue weighted by molar-refractivity contribution is -0.153. The summed E-state index contributed by atoms with van der Waals surface area (Å²) in [5.41, 5.74) is 2.71. The normalized spacial score (nSPS) is 18.2. The lowest BCUT2D eigenvalue weighted by Crippen LogP contribution is -2.62. The molecule has 0 radical (unpaired) electrons. The van der Waals surface area contributed by atoms with Crippen LogP contribution in [-0.4, -0.2) is 120 Å². The number of methoxy groups -OCH3 is 1. The number of rotatable bonds is 10. The highest BCUT2D eigenvalue weighted by Crippen LogP contribution is 2.48. The fourth-order valence-electron chi connectivity index (χ4n) is 8.02.